The van der Waals surface area contributed by atoms with Crippen LogP contribution < -0.4 is 10.6 Å². The Morgan fingerprint density at radius 2 is 1.94 bits per heavy atom. The minimum atomic E-state index is -0.504. The van der Waals surface area contributed by atoms with E-state index >= 15 is 0 Å². The summed E-state index contributed by atoms with van der Waals surface area (Å²) in [5.41, 5.74) is 2.95. The van der Waals surface area contributed by atoms with E-state index in [1.165, 1.54) is 0 Å². The van der Waals surface area contributed by atoms with Crippen LogP contribution in [0, 0.1) is 0 Å². The van der Waals surface area contributed by atoms with Crippen LogP contribution in [-0.2, 0) is 22.6 Å². The Kier molecular flexibility index (Phi) is 5.68. The molecule has 2 saturated heterocycles. The maximum Gasteiger partial charge on any atom is 0.246 e. The Bertz CT molecular complexity index is 1130. The SMILES string of the molecule is O=C1N[C@H](Cc2ccccc2)C(=O)N2C[C@@H](NCc3cnn(-c4cccc(Cl)c4)c3)C[C@@H]12. The van der Waals surface area contributed by atoms with Gasteiger partial charge in [0.1, 0.15) is 12.1 Å². The number of rotatable bonds is 6. The van der Waals surface area contributed by atoms with Crippen LogP contribution in [0.15, 0.2) is 67.0 Å². The third-order valence-electron chi connectivity index (χ3n) is 6.09. The van der Waals surface area contributed by atoms with E-state index in [1.807, 2.05) is 67.0 Å². The molecular formula is C24H24ClN5O2. The molecule has 2 N–H and O–H groups in total. The molecule has 1 aromatic heterocycles. The number of benzene rings is 2. The molecule has 8 heteroatoms. The summed E-state index contributed by atoms with van der Waals surface area (Å²) in [5.74, 6) is -0.0693. The molecule has 2 aliphatic heterocycles. The van der Waals surface area contributed by atoms with Gasteiger partial charge in [0.05, 0.1) is 11.9 Å². The lowest BCUT2D eigenvalue weighted by atomic mass is 10.0. The summed E-state index contributed by atoms with van der Waals surface area (Å²) in [6.45, 7) is 1.14. The van der Waals surface area contributed by atoms with Crippen LogP contribution in [0.3, 0.4) is 0 Å². The average molecular weight is 450 g/mol. The number of hydrogen-bond donors (Lipinski definition) is 2. The van der Waals surface area contributed by atoms with Gasteiger partial charge in [0, 0.05) is 42.3 Å². The standard InChI is InChI=1S/C24H24ClN5O2/c25-18-7-4-8-20(10-18)30-14-17(13-27-30)12-26-19-11-22-23(31)28-21(24(32)29(22)15-19)9-16-5-2-1-3-6-16/h1-8,10,13-14,19,21-22,26H,9,11-12,15H2,(H,28,31)/t19-,21+,22-/m0/s1. The van der Waals surface area contributed by atoms with Crippen molar-refractivity contribution >= 4 is 23.4 Å². The summed E-state index contributed by atoms with van der Waals surface area (Å²) in [4.78, 5) is 27.4. The van der Waals surface area contributed by atoms with Crippen molar-refractivity contribution in [1.82, 2.24) is 25.3 Å². The smallest absolute Gasteiger partial charge is 0.246 e. The monoisotopic (exact) mass is 449 g/mol. The van der Waals surface area contributed by atoms with Crippen molar-refractivity contribution in [3.05, 3.63) is 83.1 Å². The van der Waals surface area contributed by atoms with E-state index in [1.54, 1.807) is 9.58 Å². The highest BCUT2D eigenvalue weighted by Crippen LogP contribution is 2.24. The number of piperazine rings is 1. The van der Waals surface area contributed by atoms with Crippen LogP contribution in [0.1, 0.15) is 17.5 Å². The van der Waals surface area contributed by atoms with Gasteiger partial charge in [0.15, 0.2) is 0 Å². The van der Waals surface area contributed by atoms with E-state index < -0.39 is 12.1 Å². The Morgan fingerprint density at radius 1 is 1.09 bits per heavy atom. The lowest BCUT2D eigenvalue weighted by molar-refractivity contribution is -0.147. The summed E-state index contributed by atoms with van der Waals surface area (Å²) < 4.78 is 1.78. The quantitative estimate of drug-likeness (QED) is 0.605. The number of fused-ring (bicyclic) bond motifs is 1. The molecule has 164 valence electrons. The van der Waals surface area contributed by atoms with Gasteiger partial charge >= 0.3 is 0 Å². The number of carbonyl (C=O) groups excluding carboxylic acids is 2. The molecule has 5 rings (SSSR count). The molecule has 2 amide bonds. The molecule has 3 heterocycles. The Balaban J connectivity index is 1.20. The molecule has 2 aromatic carbocycles. The summed E-state index contributed by atoms with van der Waals surface area (Å²) in [6.07, 6.45) is 4.88. The van der Waals surface area contributed by atoms with E-state index in [0.717, 1.165) is 16.8 Å². The number of amides is 2. The van der Waals surface area contributed by atoms with E-state index in [0.29, 0.717) is 31.0 Å². The number of nitrogens with one attached hydrogen (secondary N) is 2. The van der Waals surface area contributed by atoms with E-state index in [4.69, 9.17) is 11.6 Å². The predicted octanol–water partition coefficient (Wildman–Crippen LogP) is 2.33. The summed E-state index contributed by atoms with van der Waals surface area (Å²) >= 11 is 6.07. The maximum absolute atomic E-state index is 13.0. The van der Waals surface area contributed by atoms with Crippen molar-refractivity contribution in [3.63, 3.8) is 0 Å². The van der Waals surface area contributed by atoms with Crippen LogP contribution >= 0.6 is 11.6 Å². The summed E-state index contributed by atoms with van der Waals surface area (Å²) in [7, 11) is 0. The molecule has 0 aliphatic carbocycles. The lowest BCUT2D eigenvalue weighted by Gasteiger charge is -2.34. The zero-order chi connectivity index (χ0) is 22.1. The first-order valence-corrected chi connectivity index (χ1v) is 11.1. The topological polar surface area (TPSA) is 79.3 Å². The highest BCUT2D eigenvalue weighted by Gasteiger charge is 2.46. The van der Waals surface area contributed by atoms with Crippen molar-refractivity contribution in [2.45, 2.75) is 37.5 Å². The molecule has 3 atom stereocenters. The van der Waals surface area contributed by atoms with Gasteiger partial charge in [0.25, 0.3) is 0 Å². The third-order valence-corrected chi connectivity index (χ3v) is 6.32. The van der Waals surface area contributed by atoms with E-state index in [2.05, 4.69) is 15.7 Å². The van der Waals surface area contributed by atoms with Gasteiger partial charge in [-0.2, -0.15) is 5.10 Å². The number of nitrogens with zero attached hydrogens (tertiary/aromatic N) is 3. The molecule has 3 aromatic rings. The lowest BCUT2D eigenvalue weighted by Crippen LogP contribution is -2.61. The van der Waals surface area contributed by atoms with Crippen molar-refractivity contribution in [2.75, 3.05) is 6.54 Å². The fourth-order valence-electron chi connectivity index (χ4n) is 4.47. The fourth-order valence-corrected chi connectivity index (χ4v) is 4.65. The average Bonchev–Trinajstić information content (AvgIpc) is 3.44. The fraction of sp³-hybridized carbons (Fsp3) is 0.292. The molecule has 7 nitrogen and oxygen atoms in total. The van der Waals surface area contributed by atoms with Crippen LogP contribution in [0.4, 0.5) is 0 Å². The summed E-state index contributed by atoms with van der Waals surface area (Å²) in [5, 5.41) is 11.5. The van der Waals surface area contributed by atoms with Gasteiger partial charge in [-0.15, -0.1) is 0 Å². The maximum atomic E-state index is 13.0. The predicted molar refractivity (Wildman–Crippen MR) is 121 cm³/mol. The zero-order valence-electron chi connectivity index (χ0n) is 17.4. The van der Waals surface area contributed by atoms with Crippen molar-refractivity contribution in [1.29, 1.82) is 0 Å². The first kappa shape index (κ1) is 20.7. The van der Waals surface area contributed by atoms with Crippen LogP contribution in [0.5, 0.6) is 0 Å². The van der Waals surface area contributed by atoms with Gasteiger partial charge < -0.3 is 15.5 Å². The Morgan fingerprint density at radius 3 is 2.75 bits per heavy atom. The second-order valence-corrected chi connectivity index (χ2v) is 8.78. The largest absolute Gasteiger partial charge is 0.342 e. The minimum Gasteiger partial charge on any atom is -0.342 e. The van der Waals surface area contributed by atoms with Crippen molar-refractivity contribution in [3.8, 4) is 5.69 Å². The first-order valence-electron chi connectivity index (χ1n) is 10.7. The van der Waals surface area contributed by atoms with Crippen LogP contribution in [0.2, 0.25) is 5.02 Å². The van der Waals surface area contributed by atoms with E-state index in [9.17, 15) is 9.59 Å². The zero-order valence-corrected chi connectivity index (χ0v) is 18.2. The molecular weight excluding hydrogens is 426 g/mol. The van der Waals surface area contributed by atoms with Gasteiger partial charge in [-0.05, 0) is 30.2 Å². The number of carbonyl (C=O) groups is 2. The molecule has 0 saturated carbocycles. The van der Waals surface area contributed by atoms with Crippen molar-refractivity contribution < 1.29 is 9.59 Å². The Labute approximate surface area is 191 Å². The van der Waals surface area contributed by atoms with Gasteiger partial charge in [-0.1, -0.05) is 48.0 Å². The number of aromatic nitrogens is 2. The van der Waals surface area contributed by atoms with Gasteiger partial charge in [0.2, 0.25) is 11.8 Å². The number of halogens is 1. The van der Waals surface area contributed by atoms with Crippen molar-refractivity contribution in [2.24, 2.45) is 0 Å². The van der Waals surface area contributed by atoms with Crippen LogP contribution in [-0.4, -0.2) is 51.2 Å². The minimum absolute atomic E-state index is 0.00321. The first-order chi connectivity index (χ1) is 15.6. The van der Waals surface area contributed by atoms with Gasteiger partial charge in [-0.25, -0.2) is 4.68 Å². The molecule has 2 fully saturated rings. The Hall–Kier alpha value is -3.16. The van der Waals surface area contributed by atoms with E-state index in [-0.39, 0.29) is 17.9 Å². The number of hydrogen-bond acceptors (Lipinski definition) is 4. The molecule has 0 spiro atoms. The molecule has 0 bridgehead atoms. The second-order valence-electron chi connectivity index (χ2n) is 8.34. The third kappa shape index (κ3) is 4.26. The molecule has 32 heavy (non-hydrogen) atoms. The van der Waals surface area contributed by atoms with Crippen LogP contribution in [0.25, 0.3) is 5.69 Å². The molecule has 2 aliphatic rings. The molecule has 0 unspecified atom stereocenters. The normalized spacial score (nSPS) is 22.7. The highest BCUT2D eigenvalue weighted by atomic mass is 35.5. The summed E-state index contributed by atoms with van der Waals surface area (Å²) in [6, 6.07) is 16.4. The molecule has 0 radical (unpaired) electrons. The second kappa shape index (κ2) is 8.76. The highest BCUT2D eigenvalue weighted by molar-refractivity contribution is 6.30. The van der Waals surface area contributed by atoms with Gasteiger partial charge in [-0.3, -0.25) is 9.59 Å².